The fourth-order valence-electron chi connectivity index (χ4n) is 4.71. The molecule has 11 heteroatoms. The molecule has 4 rings (SSSR count). The summed E-state index contributed by atoms with van der Waals surface area (Å²) in [5.74, 6) is 0.673. The van der Waals surface area contributed by atoms with Crippen molar-refractivity contribution in [3.63, 3.8) is 0 Å². The molecule has 0 amide bonds. The number of fused-ring (bicyclic) bond motifs is 1. The molecule has 1 fully saturated rings. The van der Waals surface area contributed by atoms with E-state index in [9.17, 15) is 31.4 Å². The molecule has 1 atom stereocenters. The monoisotopic (exact) mass is 490 g/mol. The van der Waals surface area contributed by atoms with Crippen molar-refractivity contribution in [3.05, 3.63) is 52.8 Å². The van der Waals surface area contributed by atoms with Gasteiger partial charge in [-0.05, 0) is 60.1 Å². The second-order valence-electron chi connectivity index (χ2n) is 8.66. The molecule has 2 aromatic rings. The lowest BCUT2D eigenvalue weighted by atomic mass is 9.90. The number of benzene rings is 1. The summed E-state index contributed by atoms with van der Waals surface area (Å²) in [6.45, 7) is 2.65. The lowest BCUT2D eigenvalue weighted by Crippen LogP contribution is -2.54. The van der Waals surface area contributed by atoms with E-state index in [1.165, 1.54) is 6.20 Å². The fraction of sp³-hybridized carbons (Fsp3) is 0.522. The average Bonchev–Trinajstić information content (AvgIpc) is 3.17. The Labute approximate surface area is 192 Å². The van der Waals surface area contributed by atoms with Crippen molar-refractivity contribution in [1.29, 1.82) is 0 Å². The molecule has 186 valence electrons. The van der Waals surface area contributed by atoms with Gasteiger partial charge in [0.05, 0.1) is 26.0 Å². The van der Waals surface area contributed by atoms with Crippen molar-refractivity contribution in [1.82, 2.24) is 4.98 Å². The Morgan fingerprint density at radius 2 is 1.62 bits per heavy atom. The molecule has 1 aromatic carbocycles. The van der Waals surface area contributed by atoms with E-state index < -0.39 is 23.5 Å². The molecule has 0 radical (unpaired) electrons. The number of hydrogen-bond acceptors (Lipinski definition) is 5. The zero-order valence-electron chi connectivity index (χ0n) is 18.3. The van der Waals surface area contributed by atoms with E-state index in [1.54, 1.807) is 7.11 Å². The van der Waals surface area contributed by atoms with Crippen LogP contribution in [0.5, 0.6) is 5.75 Å². The summed E-state index contributed by atoms with van der Waals surface area (Å²) < 4.78 is 90.4. The number of rotatable bonds is 5. The van der Waals surface area contributed by atoms with E-state index in [1.807, 2.05) is 12.1 Å². The summed E-state index contributed by atoms with van der Waals surface area (Å²) in [5.41, 5.74) is -3.08. The Bertz CT molecular complexity index is 1020. The van der Waals surface area contributed by atoms with Gasteiger partial charge in [0.25, 0.3) is 5.60 Å². The van der Waals surface area contributed by atoms with Gasteiger partial charge in [-0.3, -0.25) is 4.98 Å². The van der Waals surface area contributed by atoms with Crippen LogP contribution in [0.4, 0.5) is 32.0 Å². The maximum Gasteiger partial charge on any atom is 0.430 e. The standard InChI is InChI=1S/C23H24F6N2O3/c1-33-20-11-17-8-14(7-16(17)10-19(20)31-2-4-34-5-3-31)6-15-9-18(13-30-12-15)21(32,22(24,25)26)23(27,28)29/h9-14,32H,2-8H2,1H3. The van der Waals surface area contributed by atoms with Gasteiger partial charge in [-0.15, -0.1) is 0 Å². The van der Waals surface area contributed by atoms with Gasteiger partial charge < -0.3 is 19.5 Å². The minimum Gasteiger partial charge on any atom is -0.495 e. The highest BCUT2D eigenvalue weighted by molar-refractivity contribution is 5.63. The van der Waals surface area contributed by atoms with Gasteiger partial charge in [0.1, 0.15) is 5.75 Å². The molecule has 2 aliphatic rings. The molecule has 1 aliphatic heterocycles. The van der Waals surface area contributed by atoms with E-state index in [2.05, 4.69) is 9.88 Å². The Hall–Kier alpha value is -2.53. The van der Waals surface area contributed by atoms with Crippen LogP contribution in [0.1, 0.15) is 22.3 Å². The minimum absolute atomic E-state index is 0.0402. The zero-order chi connectivity index (χ0) is 24.7. The normalized spacial score (nSPS) is 19.3. The SMILES string of the molecule is COc1cc2c(cc1N1CCOCC1)CC(Cc1cncc(C(O)(C(F)(F)F)C(F)(F)F)c1)C2. The first-order valence-corrected chi connectivity index (χ1v) is 10.8. The number of halogens is 6. The Morgan fingerprint density at radius 1 is 1.00 bits per heavy atom. The number of nitrogens with zero attached hydrogens (tertiary/aromatic N) is 2. The largest absolute Gasteiger partial charge is 0.495 e. The number of morpholine rings is 1. The van der Waals surface area contributed by atoms with Crippen LogP contribution in [0, 0.1) is 5.92 Å². The van der Waals surface area contributed by atoms with Gasteiger partial charge in [-0.2, -0.15) is 26.3 Å². The highest BCUT2D eigenvalue weighted by atomic mass is 19.4. The molecule has 1 aromatic heterocycles. The Morgan fingerprint density at radius 3 is 2.21 bits per heavy atom. The number of pyridine rings is 1. The van der Waals surface area contributed by atoms with Crippen molar-refractivity contribution in [2.45, 2.75) is 37.2 Å². The van der Waals surface area contributed by atoms with Crippen LogP contribution in [-0.2, 0) is 29.6 Å². The van der Waals surface area contributed by atoms with E-state index in [0.29, 0.717) is 38.0 Å². The molecule has 34 heavy (non-hydrogen) atoms. The van der Waals surface area contributed by atoms with Gasteiger partial charge >= 0.3 is 12.4 Å². The molecule has 0 bridgehead atoms. The Balaban J connectivity index is 1.56. The van der Waals surface area contributed by atoms with Crippen LogP contribution in [0.3, 0.4) is 0 Å². The topological polar surface area (TPSA) is 54.8 Å². The first-order chi connectivity index (χ1) is 15.9. The summed E-state index contributed by atoms with van der Waals surface area (Å²) in [6, 6.07) is 4.73. The third-order valence-electron chi connectivity index (χ3n) is 6.43. The lowest BCUT2D eigenvalue weighted by Gasteiger charge is -2.32. The van der Waals surface area contributed by atoms with Crippen molar-refractivity contribution in [3.8, 4) is 5.75 Å². The summed E-state index contributed by atoms with van der Waals surface area (Å²) in [6.07, 6.45) is -8.81. The molecular weight excluding hydrogens is 466 g/mol. The molecule has 0 spiro atoms. The van der Waals surface area contributed by atoms with Crippen LogP contribution >= 0.6 is 0 Å². The number of ether oxygens (including phenoxy) is 2. The van der Waals surface area contributed by atoms with Crippen LogP contribution < -0.4 is 9.64 Å². The number of hydrogen-bond donors (Lipinski definition) is 1. The highest BCUT2D eigenvalue weighted by Gasteiger charge is 2.71. The van der Waals surface area contributed by atoms with Crippen molar-refractivity contribution < 1.29 is 40.9 Å². The average molecular weight is 490 g/mol. The van der Waals surface area contributed by atoms with Crippen LogP contribution in [-0.4, -0.2) is 55.9 Å². The maximum absolute atomic E-state index is 13.2. The highest BCUT2D eigenvalue weighted by Crippen LogP contribution is 2.50. The number of methoxy groups -OCH3 is 1. The van der Waals surface area contributed by atoms with Crippen LogP contribution in [0.15, 0.2) is 30.6 Å². The van der Waals surface area contributed by atoms with E-state index in [-0.39, 0.29) is 17.9 Å². The first kappa shape index (κ1) is 24.6. The molecule has 2 heterocycles. The maximum atomic E-state index is 13.2. The molecule has 1 N–H and O–H groups in total. The van der Waals surface area contributed by atoms with Gasteiger partial charge in [-0.25, -0.2) is 0 Å². The second-order valence-corrected chi connectivity index (χ2v) is 8.66. The first-order valence-electron chi connectivity index (χ1n) is 10.8. The zero-order valence-corrected chi connectivity index (χ0v) is 18.3. The molecule has 1 aliphatic carbocycles. The predicted octanol–water partition coefficient (Wildman–Crippen LogP) is 4.20. The number of aromatic nitrogens is 1. The number of alkyl halides is 6. The fourth-order valence-corrected chi connectivity index (χ4v) is 4.71. The molecule has 5 nitrogen and oxygen atoms in total. The van der Waals surface area contributed by atoms with Crippen molar-refractivity contribution >= 4 is 5.69 Å². The van der Waals surface area contributed by atoms with Gasteiger partial charge in [0, 0.05) is 31.0 Å². The van der Waals surface area contributed by atoms with Crippen LogP contribution in [0.2, 0.25) is 0 Å². The summed E-state index contributed by atoms with van der Waals surface area (Å²) >= 11 is 0. The summed E-state index contributed by atoms with van der Waals surface area (Å²) in [5, 5.41) is 9.68. The third kappa shape index (κ3) is 4.43. The number of anilines is 1. The number of aliphatic hydroxyl groups is 1. The van der Waals surface area contributed by atoms with Gasteiger partial charge in [-0.1, -0.05) is 0 Å². The summed E-state index contributed by atoms with van der Waals surface area (Å²) in [7, 11) is 1.58. The van der Waals surface area contributed by atoms with Crippen LogP contribution in [0.25, 0.3) is 0 Å². The second kappa shape index (κ2) is 8.92. The minimum atomic E-state index is -5.94. The Kier molecular flexibility index (Phi) is 6.45. The molecule has 0 saturated carbocycles. The van der Waals surface area contributed by atoms with E-state index in [4.69, 9.17) is 9.47 Å². The molecule has 1 unspecified atom stereocenters. The van der Waals surface area contributed by atoms with Gasteiger partial charge in [0.15, 0.2) is 0 Å². The molecular formula is C23H24F6N2O3. The van der Waals surface area contributed by atoms with Crippen molar-refractivity contribution in [2.24, 2.45) is 5.92 Å². The van der Waals surface area contributed by atoms with E-state index in [0.717, 1.165) is 36.0 Å². The van der Waals surface area contributed by atoms with E-state index >= 15 is 0 Å². The predicted molar refractivity (Wildman–Crippen MR) is 111 cm³/mol. The molecule has 1 saturated heterocycles. The quantitative estimate of drug-likeness (QED) is 0.637. The smallest absolute Gasteiger partial charge is 0.430 e. The van der Waals surface area contributed by atoms with Gasteiger partial charge in [0.2, 0.25) is 0 Å². The third-order valence-corrected chi connectivity index (χ3v) is 6.43. The van der Waals surface area contributed by atoms with Crippen molar-refractivity contribution in [2.75, 3.05) is 38.3 Å². The summed E-state index contributed by atoms with van der Waals surface area (Å²) in [4.78, 5) is 5.74. The lowest BCUT2D eigenvalue weighted by molar-refractivity contribution is -0.376.